The van der Waals surface area contributed by atoms with Gasteiger partial charge in [0.2, 0.25) is 5.91 Å². The highest BCUT2D eigenvalue weighted by molar-refractivity contribution is 6.32. The second kappa shape index (κ2) is 19.3. The van der Waals surface area contributed by atoms with Gasteiger partial charge in [0.25, 0.3) is 11.8 Å². The summed E-state index contributed by atoms with van der Waals surface area (Å²) in [5, 5.41) is 2.74. The monoisotopic (exact) mass is 867 g/mol. The van der Waals surface area contributed by atoms with Crippen LogP contribution in [0.2, 0.25) is 5.15 Å². The molecule has 2 unspecified atom stereocenters. The molecular formula is C47H42ClF4N5O5. The molecule has 1 aliphatic rings. The number of hydrogen-bond donors (Lipinski definition) is 1. The molecule has 320 valence electrons. The lowest BCUT2D eigenvalue weighted by atomic mass is 9.99. The molecule has 15 heteroatoms. The van der Waals surface area contributed by atoms with Gasteiger partial charge in [-0.25, -0.2) is 22.5 Å². The summed E-state index contributed by atoms with van der Waals surface area (Å²) < 4.78 is 67.0. The van der Waals surface area contributed by atoms with E-state index in [9.17, 15) is 27.6 Å². The second-order valence-corrected chi connectivity index (χ2v) is 15.6. The highest BCUT2D eigenvalue weighted by Gasteiger charge is 2.40. The molecule has 1 aliphatic heterocycles. The van der Waals surface area contributed by atoms with Crippen LogP contribution >= 0.6 is 11.6 Å². The number of hydrogen-bond acceptors (Lipinski definition) is 7. The summed E-state index contributed by atoms with van der Waals surface area (Å²) in [5.74, 6) is -3.32. The van der Waals surface area contributed by atoms with E-state index < -0.39 is 52.7 Å². The summed E-state index contributed by atoms with van der Waals surface area (Å²) in [4.78, 5) is 51.2. The van der Waals surface area contributed by atoms with Crippen LogP contribution in [0.1, 0.15) is 81.5 Å². The van der Waals surface area contributed by atoms with Gasteiger partial charge in [0.05, 0.1) is 31.0 Å². The van der Waals surface area contributed by atoms with Crippen LogP contribution in [-0.4, -0.2) is 57.2 Å². The van der Waals surface area contributed by atoms with Gasteiger partial charge >= 0.3 is 0 Å². The van der Waals surface area contributed by atoms with E-state index in [-0.39, 0.29) is 40.8 Å². The number of pyridine rings is 2. The van der Waals surface area contributed by atoms with Crippen molar-refractivity contribution in [2.75, 3.05) is 14.2 Å². The van der Waals surface area contributed by atoms with Crippen molar-refractivity contribution in [1.82, 2.24) is 25.1 Å². The van der Waals surface area contributed by atoms with Gasteiger partial charge in [-0.05, 0) is 92.6 Å². The first-order valence-corrected chi connectivity index (χ1v) is 19.6. The van der Waals surface area contributed by atoms with Gasteiger partial charge in [-0.15, -0.1) is 0 Å². The molecule has 1 N–H and O–H groups in total. The number of ether oxygens (including phenoxy) is 2. The Bertz CT molecular complexity index is 2570. The van der Waals surface area contributed by atoms with Crippen molar-refractivity contribution in [3.05, 3.63) is 189 Å². The summed E-state index contributed by atoms with van der Waals surface area (Å²) in [6, 6.07) is 24.6. The first kappa shape index (κ1) is 44.7. The van der Waals surface area contributed by atoms with Crippen molar-refractivity contribution >= 4 is 29.3 Å². The zero-order valence-corrected chi connectivity index (χ0v) is 35.1. The Labute approximate surface area is 361 Å². The minimum atomic E-state index is -1.43. The van der Waals surface area contributed by atoms with Crippen LogP contribution in [-0.2, 0) is 17.9 Å². The Morgan fingerprint density at radius 1 is 0.790 bits per heavy atom. The van der Waals surface area contributed by atoms with Crippen LogP contribution in [0.5, 0.6) is 11.5 Å². The third-order valence-electron chi connectivity index (χ3n) is 9.75. The molecule has 0 saturated carbocycles. The van der Waals surface area contributed by atoms with E-state index in [2.05, 4.69) is 15.3 Å². The molecule has 3 amide bonds. The summed E-state index contributed by atoms with van der Waals surface area (Å²) in [7, 11) is 3.11. The quantitative estimate of drug-likeness (QED) is 0.102. The predicted octanol–water partition coefficient (Wildman–Crippen LogP) is 9.43. The molecule has 0 radical (unpaired) electrons. The number of halogens is 5. The summed E-state index contributed by atoms with van der Waals surface area (Å²) >= 11 is 6.20. The van der Waals surface area contributed by atoms with Crippen LogP contribution in [0.3, 0.4) is 0 Å². The minimum absolute atomic E-state index is 0.0405. The molecule has 0 bridgehead atoms. The number of methoxy groups -OCH3 is 2. The average molecular weight is 868 g/mol. The smallest absolute Gasteiger partial charge is 0.258 e. The van der Waals surface area contributed by atoms with Gasteiger partial charge in [0.1, 0.15) is 52.0 Å². The van der Waals surface area contributed by atoms with Gasteiger partial charge in [0, 0.05) is 54.3 Å². The molecule has 6 aromatic rings. The molecular weight excluding hydrogens is 826 g/mol. The van der Waals surface area contributed by atoms with E-state index >= 15 is 4.39 Å². The van der Waals surface area contributed by atoms with E-state index in [0.29, 0.717) is 34.4 Å². The molecule has 4 aromatic carbocycles. The van der Waals surface area contributed by atoms with Gasteiger partial charge in [-0.3, -0.25) is 19.4 Å². The molecule has 0 fully saturated rings. The van der Waals surface area contributed by atoms with Gasteiger partial charge < -0.3 is 24.6 Å². The highest BCUT2D eigenvalue weighted by Crippen LogP contribution is 2.39. The number of rotatable bonds is 11. The third kappa shape index (κ3) is 10.4. The lowest BCUT2D eigenvalue weighted by molar-refractivity contribution is -0.127. The number of aromatic nitrogens is 2. The maximum atomic E-state index is 15.0. The van der Waals surface area contributed by atoms with Crippen molar-refractivity contribution in [2.24, 2.45) is 0 Å². The van der Waals surface area contributed by atoms with Crippen molar-refractivity contribution in [1.29, 1.82) is 0 Å². The number of carbonyl (C=O) groups is 3. The van der Waals surface area contributed by atoms with Crippen LogP contribution in [0.4, 0.5) is 17.6 Å². The maximum absolute atomic E-state index is 15.0. The number of fused-ring (bicyclic) bond motifs is 1. The van der Waals surface area contributed by atoms with E-state index in [1.165, 1.54) is 42.5 Å². The first-order chi connectivity index (χ1) is 29.6. The Morgan fingerprint density at radius 2 is 1.37 bits per heavy atom. The fourth-order valence-corrected chi connectivity index (χ4v) is 7.09. The van der Waals surface area contributed by atoms with E-state index in [4.69, 9.17) is 21.1 Å². The Kier molecular flexibility index (Phi) is 13.9. The van der Waals surface area contributed by atoms with Crippen molar-refractivity contribution in [2.45, 2.75) is 51.5 Å². The Morgan fingerprint density at radius 3 is 1.95 bits per heavy atom. The lowest BCUT2D eigenvalue weighted by Gasteiger charge is -2.34. The molecule has 2 aromatic heterocycles. The van der Waals surface area contributed by atoms with Crippen molar-refractivity contribution in [3.8, 4) is 11.5 Å². The maximum Gasteiger partial charge on any atom is 0.258 e. The zero-order valence-electron chi connectivity index (χ0n) is 34.3. The van der Waals surface area contributed by atoms with Crippen LogP contribution in [0, 0.1) is 23.3 Å². The molecule has 3 heterocycles. The van der Waals surface area contributed by atoms with Gasteiger partial charge in [0.15, 0.2) is 0 Å². The number of carbonyl (C=O) groups excluding carboxylic acids is 3. The van der Waals surface area contributed by atoms with Crippen LogP contribution < -0.4 is 14.8 Å². The summed E-state index contributed by atoms with van der Waals surface area (Å²) in [5.41, 5.74) is 1.83. The Balaban J connectivity index is 0.000000213. The van der Waals surface area contributed by atoms with E-state index in [1.54, 1.807) is 87.5 Å². The van der Waals surface area contributed by atoms with Gasteiger partial charge in [-0.1, -0.05) is 48.0 Å². The SMILES string of the molecule is COc1ccc(CN(C(=O)c2cccnc2Cl)C(C(=O)NC(C)(C)C)c2ccc(F)cc2F)cc1.COc1ccc(CN2C(=O)c3cccnc3C2c2ccc(F)cc2F)cc1. The normalized spacial score (nSPS) is 13.7. The molecule has 0 saturated heterocycles. The zero-order chi connectivity index (χ0) is 44.7. The highest BCUT2D eigenvalue weighted by atomic mass is 35.5. The molecule has 10 nitrogen and oxygen atoms in total. The first-order valence-electron chi connectivity index (χ1n) is 19.2. The topological polar surface area (TPSA) is 114 Å². The molecule has 7 rings (SSSR count). The van der Waals surface area contributed by atoms with Crippen molar-refractivity contribution in [3.63, 3.8) is 0 Å². The molecule has 0 aliphatic carbocycles. The van der Waals surface area contributed by atoms with Gasteiger partial charge in [-0.2, -0.15) is 0 Å². The molecule has 62 heavy (non-hydrogen) atoms. The van der Waals surface area contributed by atoms with Crippen molar-refractivity contribution < 1.29 is 41.4 Å². The predicted molar refractivity (Wildman–Crippen MR) is 224 cm³/mol. The number of benzene rings is 4. The fourth-order valence-electron chi connectivity index (χ4n) is 6.89. The average Bonchev–Trinajstić information content (AvgIpc) is 3.51. The summed E-state index contributed by atoms with van der Waals surface area (Å²) in [6.07, 6.45) is 2.99. The second-order valence-electron chi connectivity index (χ2n) is 15.2. The lowest BCUT2D eigenvalue weighted by Crippen LogP contribution is -2.49. The molecule has 0 spiro atoms. The number of nitrogens with one attached hydrogen (secondary N) is 1. The number of amides is 3. The van der Waals surface area contributed by atoms with Crippen LogP contribution in [0.15, 0.2) is 122 Å². The van der Waals surface area contributed by atoms with E-state index in [1.807, 2.05) is 12.1 Å². The minimum Gasteiger partial charge on any atom is -0.497 e. The standard InChI is InChI=1S/C26H26ClF2N3O3.C21H16F2N2O2/c1-26(2,3)31-24(33)22(19-12-9-17(28)14-21(19)29)32(15-16-7-10-18(35-4)11-8-16)25(34)20-6-5-13-30-23(20)27;1-27-15-7-4-13(5-8-15)12-25-20(16-9-6-14(22)11-18(16)23)19-17(21(25)26)3-2-10-24-19/h5-14,22H,15H2,1-4H3,(H,31,33);2-11,20H,12H2,1H3. The Hall–Kier alpha value is -6.80. The summed E-state index contributed by atoms with van der Waals surface area (Å²) in [6.45, 7) is 5.47. The van der Waals surface area contributed by atoms with E-state index in [0.717, 1.165) is 23.8 Å². The third-order valence-corrected chi connectivity index (χ3v) is 10.0. The van der Waals surface area contributed by atoms with Crippen LogP contribution in [0.25, 0.3) is 0 Å². The fraction of sp³-hybridized carbons (Fsp3) is 0.213. The number of nitrogens with zero attached hydrogens (tertiary/aromatic N) is 4. The molecule has 2 atom stereocenters. The largest absolute Gasteiger partial charge is 0.497 e.